The van der Waals surface area contributed by atoms with E-state index in [0.29, 0.717) is 6.54 Å². The molecule has 0 atom stereocenters. The standard InChI is InChI=1S/C15H24N4OS/c1-13-11-14(3-4-16-13)12-17-15(20)19-7-5-18(6-8-19)9-10-21-2/h3-4,11H,5-10,12H2,1-2H3,(H,17,20). The van der Waals surface area contributed by atoms with E-state index < -0.39 is 0 Å². The van der Waals surface area contributed by atoms with Crippen molar-refractivity contribution in [2.24, 2.45) is 0 Å². The Balaban J connectivity index is 1.72. The lowest BCUT2D eigenvalue weighted by Crippen LogP contribution is -2.51. The number of amides is 2. The van der Waals surface area contributed by atoms with Crippen LogP contribution in [0.15, 0.2) is 18.3 Å². The Hall–Kier alpha value is -1.27. The van der Waals surface area contributed by atoms with Crippen molar-refractivity contribution in [1.29, 1.82) is 0 Å². The number of urea groups is 1. The number of pyridine rings is 1. The number of hydrogen-bond donors (Lipinski definition) is 1. The summed E-state index contributed by atoms with van der Waals surface area (Å²) in [6, 6.07) is 3.97. The minimum atomic E-state index is 0.0361. The van der Waals surface area contributed by atoms with Crippen LogP contribution in [0, 0.1) is 6.92 Å². The quantitative estimate of drug-likeness (QED) is 0.897. The molecule has 0 saturated carbocycles. The number of aryl methyl sites for hydroxylation is 1. The maximum absolute atomic E-state index is 12.2. The van der Waals surface area contributed by atoms with E-state index in [1.165, 1.54) is 0 Å². The fourth-order valence-electron chi connectivity index (χ4n) is 2.40. The van der Waals surface area contributed by atoms with Crippen molar-refractivity contribution < 1.29 is 4.79 Å². The number of piperazine rings is 1. The van der Waals surface area contributed by atoms with Gasteiger partial charge in [-0.2, -0.15) is 11.8 Å². The van der Waals surface area contributed by atoms with Crippen molar-refractivity contribution >= 4 is 17.8 Å². The van der Waals surface area contributed by atoms with E-state index in [9.17, 15) is 4.79 Å². The smallest absolute Gasteiger partial charge is 0.317 e. The van der Waals surface area contributed by atoms with Crippen LogP contribution in [0.25, 0.3) is 0 Å². The highest BCUT2D eigenvalue weighted by atomic mass is 32.2. The molecule has 116 valence electrons. The first kappa shape index (κ1) is 16.1. The van der Waals surface area contributed by atoms with E-state index >= 15 is 0 Å². The van der Waals surface area contributed by atoms with Gasteiger partial charge in [-0.1, -0.05) is 0 Å². The van der Waals surface area contributed by atoms with Gasteiger partial charge in [0.1, 0.15) is 0 Å². The largest absolute Gasteiger partial charge is 0.334 e. The summed E-state index contributed by atoms with van der Waals surface area (Å²) in [5, 5.41) is 2.99. The number of nitrogens with one attached hydrogen (secondary N) is 1. The van der Waals surface area contributed by atoms with Crippen LogP contribution in [0.4, 0.5) is 4.79 Å². The van der Waals surface area contributed by atoms with E-state index in [2.05, 4.69) is 21.5 Å². The lowest BCUT2D eigenvalue weighted by Gasteiger charge is -2.34. The van der Waals surface area contributed by atoms with Crippen LogP contribution in [0.1, 0.15) is 11.3 Å². The number of thioether (sulfide) groups is 1. The molecule has 1 saturated heterocycles. The number of carbonyl (C=O) groups excluding carboxylic acids is 1. The van der Waals surface area contributed by atoms with Crippen molar-refractivity contribution in [3.8, 4) is 0 Å². The number of nitrogens with zero attached hydrogens (tertiary/aromatic N) is 3. The number of aromatic nitrogens is 1. The van der Waals surface area contributed by atoms with Crippen LogP contribution in [0.5, 0.6) is 0 Å². The van der Waals surface area contributed by atoms with E-state index in [1.54, 1.807) is 6.20 Å². The zero-order chi connectivity index (χ0) is 15.1. The fraction of sp³-hybridized carbons (Fsp3) is 0.600. The second-order valence-corrected chi connectivity index (χ2v) is 6.27. The molecule has 1 N–H and O–H groups in total. The third-order valence-electron chi connectivity index (χ3n) is 3.68. The molecule has 1 fully saturated rings. The molecule has 0 bridgehead atoms. The second-order valence-electron chi connectivity index (χ2n) is 5.29. The average molecular weight is 308 g/mol. The minimum absolute atomic E-state index is 0.0361. The average Bonchev–Trinajstić information content (AvgIpc) is 2.51. The van der Waals surface area contributed by atoms with Crippen LogP contribution < -0.4 is 5.32 Å². The monoisotopic (exact) mass is 308 g/mol. The third-order valence-corrected chi connectivity index (χ3v) is 4.27. The van der Waals surface area contributed by atoms with Gasteiger partial charge in [0, 0.05) is 56.9 Å². The molecule has 0 aromatic carbocycles. The van der Waals surface area contributed by atoms with E-state index in [4.69, 9.17) is 0 Å². The normalized spacial score (nSPS) is 16.0. The van der Waals surface area contributed by atoms with Gasteiger partial charge in [0.15, 0.2) is 0 Å². The SMILES string of the molecule is CSCCN1CCN(C(=O)NCc2ccnc(C)c2)CC1. The second kappa shape index (κ2) is 8.24. The van der Waals surface area contributed by atoms with Crippen LogP contribution >= 0.6 is 11.8 Å². The summed E-state index contributed by atoms with van der Waals surface area (Å²) in [6.07, 6.45) is 3.91. The molecule has 0 aliphatic carbocycles. The maximum Gasteiger partial charge on any atom is 0.317 e. The van der Waals surface area contributed by atoms with Gasteiger partial charge < -0.3 is 10.2 Å². The molecule has 2 amide bonds. The summed E-state index contributed by atoms with van der Waals surface area (Å²) in [7, 11) is 0. The lowest BCUT2D eigenvalue weighted by atomic mass is 10.2. The first-order chi connectivity index (χ1) is 10.2. The molecule has 0 radical (unpaired) electrons. The number of rotatable bonds is 5. The van der Waals surface area contributed by atoms with Crippen molar-refractivity contribution in [1.82, 2.24) is 20.1 Å². The van der Waals surface area contributed by atoms with E-state index in [1.807, 2.05) is 35.7 Å². The van der Waals surface area contributed by atoms with E-state index in [-0.39, 0.29) is 6.03 Å². The fourth-order valence-corrected chi connectivity index (χ4v) is 2.84. The molecular weight excluding hydrogens is 284 g/mol. The Labute approximate surface area is 131 Å². The summed E-state index contributed by atoms with van der Waals surface area (Å²) in [4.78, 5) is 20.6. The van der Waals surface area contributed by atoms with Crippen molar-refractivity contribution in [3.63, 3.8) is 0 Å². The van der Waals surface area contributed by atoms with Crippen LogP contribution in [0.3, 0.4) is 0 Å². The van der Waals surface area contributed by atoms with Crippen molar-refractivity contribution in [3.05, 3.63) is 29.6 Å². The predicted octanol–water partition coefficient (Wildman–Crippen LogP) is 1.58. The molecule has 0 unspecified atom stereocenters. The van der Waals surface area contributed by atoms with Crippen LogP contribution in [-0.2, 0) is 6.54 Å². The van der Waals surface area contributed by atoms with E-state index in [0.717, 1.165) is 49.7 Å². The lowest BCUT2D eigenvalue weighted by molar-refractivity contribution is 0.143. The summed E-state index contributed by atoms with van der Waals surface area (Å²) in [5.74, 6) is 1.16. The Morgan fingerprint density at radius 3 is 2.81 bits per heavy atom. The van der Waals surface area contributed by atoms with Crippen molar-refractivity contribution in [2.75, 3.05) is 44.7 Å². The first-order valence-electron chi connectivity index (χ1n) is 7.34. The molecule has 1 aliphatic heterocycles. The molecule has 2 heterocycles. The molecule has 2 rings (SSSR count). The highest BCUT2D eigenvalue weighted by Crippen LogP contribution is 2.05. The topological polar surface area (TPSA) is 48.5 Å². The van der Waals surface area contributed by atoms with Gasteiger partial charge >= 0.3 is 6.03 Å². The molecule has 1 aromatic rings. The summed E-state index contributed by atoms with van der Waals surface area (Å²) >= 11 is 1.87. The first-order valence-corrected chi connectivity index (χ1v) is 8.74. The van der Waals surface area contributed by atoms with Gasteiger partial charge in [-0.05, 0) is 30.9 Å². The molecular formula is C15H24N4OS. The predicted molar refractivity (Wildman–Crippen MR) is 87.6 cm³/mol. The van der Waals surface area contributed by atoms with Crippen LogP contribution in [0.2, 0.25) is 0 Å². The Kier molecular flexibility index (Phi) is 6.32. The molecule has 5 nitrogen and oxygen atoms in total. The highest BCUT2D eigenvalue weighted by Gasteiger charge is 2.20. The Morgan fingerprint density at radius 2 is 2.14 bits per heavy atom. The van der Waals surface area contributed by atoms with Gasteiger partial charge in [-0.3, -0.25) is 9.88 Å². The summed E-state index contributed by atoms with van der Waals surface area (Å²) < 4.78 is 0. The molecule has 1 aromatic heterocycles. The molecule has 1 aliphatic rings. The van der Waals surface area contributed by atoms with Gasteiger partial charge in [0.2, 0.25) is 0 Å². The third kappa shape index (κ3) is 5.21. The van der Waals surface area contributed by atoms with Gasteiger partial charge in [-0.25, -0.2) is 4.79 Å². The summed E-state index contributed by atoms with van der Waals surface area (Å²) in [5.41, 5.74) is 2.07. The summed E-state index contributed by atoms with van der Waals surface area (Å²) in [6.45, 7) is 7.22. The zero-order valence-electron chi connectivity index (χ0n) is 12.8. The van der Waals surface area contributed by atoms with Crippen molar-refractivity contribution in [2.45, 2.75) is 13.5 Å². The molecule has 21 heavy (non-hydrogen) atoms. The minimum Gasteiger partial charge on any atom is -0.334 e. The molecule has 6 heteroatoms. The van der Waals surface area contributed by atoms with Gasteiger partial charge in [0.05, 0.1) is 0 Å². The van der Waals surface area contributed by atoms with Gasteiger partial charge in [-0.15, -0.1) is 0 Å². The Bertz CT molecular complexity index is 461. The zero-order valence-corrected chi connectivity index (χ0v) is 13.7. The van der Waals surface area contributed by atoms with Crippen LogP contribution in [-0.4, -0.2) is 65.5 Å². The number of hydrogen-bond acceptors (Lipinski definition) is 4. The van der Waals surface area contributed by atoms with Gasteiger partial charge in [0.25, 0.3) is 0 Å². The maximum atomic E-state index is 12.2. The number of carbonyl (C=O) groups is 1. The highest BCUT2D eigenvalue weighted by molar-refractivity contribution is 7.98. The molecule has 0 spiro atoms. The Morgan fingerprint density at radius 1 is 1.38 bits per heavy atom.